The highest BCUT2D eigenvalue weighted by molar-refractivity contribution is 6.35. The van der Waals surface area contributed by atoms with Crippen molar-refractivity contribution >= 4 is 27.6 Å². The summed E-state index contributed by atoms with van der Waals surface area (Å²) in [5.41, 5.74) is -0.130. The molecule has 0 aromatic carbocycles. The molecule has 19 heavy (non-hydrogen) atoms. The zero-order valence-corrected chi connectivity index (χ0v) is 11.4. The molecule has 1 N–H and O–H groups in total. The molecule has 0 atom stereocenters. The van der Waals surface area contributed by atoms with Gasteiger partial charge in [0.2, 0.25) is 0 Å². The van der Waals surface area contributed by atoms with Gasteiger partial charge < -0.3 is 9.84 Å². The predicted molar refractivity (Wildman–Crippen MR) is 75.3 cm³/mol. The highest BCUT2D eigenvalue weighted by Crippen LogP contribution is 2.10. The van der Waals surface area contributed by atoms with Crippen LogP contribution in [0.2, 0.25) is 5.72 Å². The fraction of sp³-hybridized carbons (Fsp3) is 0.692. The Kier molecular flexibility index (Phi) is 10.0. The molecular formula is C13H20B2O4. The van der Waals surface area contributed by atoms with Crippen molar-refractivity contribution in [2.45, 2.75) is 51.2 Å². The molecule has 0 bridgehead atoms. The molecule has 4 nitrogen and oxygen atoms in total. The van der Waals surface area contributed by atoms with Crippen molar-refractivity contribution in [3.63, 3.8) is 0 Å². The summed E-state index contributed by atoms with van der Waals surface area (Å²) in [5, 5.41) is 8.46. The standard InChI is InChI=1S/C13H20B2O4/c1-10(9-12(16)17)13(18)19-8-6-4-2-3-5-7-11(14)15/h9,11H,2-8H2,1H3,(H,16,17)/b10-9+. The summed E-state index contributed by atoms with van der Waals surface area (Å²) in [6, 6.07) is 0. The van der Waals surface area contributed by atoms with Gasteiger partial charge in [0.25, 0.3) is 0 Å². The van der Waals surface area contributed by atoms with Crippen LogP contribution in [0.1, 0.15) is 45.4 Å². The molecule has 0 aromatic heterocycles. The van der Waals surface area contributed by atoms with E-state index in [1.165, 1.54) is 6.92 Å². The molecule has 0 unspecified atom stereocenters. The second kappa shape index (κ2) is 10.7. The quantitative estimate of drug-likeness (QED) is 0.283. The molecule has 0 rings (SSSR count). The van der Waals surface area contributed by atoms with Gasteiger partial charge in [-0.2, -0.15) is 0 Å². The molecule has 102 valence electrons. The van der Waals surface area contributed by atoms with Crippen LogP contribution in [0.25, 0.3) is 0 Å². The lowest BCUT2D eigenvalue weighted by atomic mass is 9.68. The number of aliphatic carboxylic acids is 1. The monoisotopic (exact) mass is 262 g/mol. The van der Waals surface area contributed by atoms with Crippen LogP contribution in [0.15, 0.2) is 11.6 Å². The van der Waals surface area contributed by atoms with E-state index in [1.54, 1.807) is 0 Å². The van der Waals surface area contributed by atoms with Crippen LogP contribution in [-0.4, -0.2) is 39.3 Å². The van der Waals surface area contributed by atoms with Crippen molar-refractivity contribution in [2.75, 3.05) is 6.61 Å². The highest BCUT2D eigenvalue weighted by Gasteiger charge is 2.06. The third kappa shape index (κ3) is 11.6. The third-order valence-corrected chi connectivity index (χ3v) is 2.58. The minimum atomic E-state index is -1.15. The maximum absolute atomic E-state index is 11.3. The summed E-state index contributed by atoms with van der Waals surface area (Å²) in [6.07, 6.45) is 6.55. The lowest BCUT2D eigenvalue weighted by molar-refractivity contribution is -0.140. The molecule has 0 saturated carbocycles. The number of carbonyl (C=O) groups is 2. The highest BCUT2D eigenvalue weighted by atomic mass is 16.5. The van der Waals surface area contributed by atoms with Gasteiger partial charge in [0.1, 0.15) is 0 Å². The molecule has 0 fully saturated rings. The van der Waals surface area contributed by atoms with Crippen LogP contribution < -0.4 is 0 Å². The van der Waals surface area contributed by atoms with E-state index in [4.69, 9.17) is 25.5 Å². The molecule has 0 aliphatic heterocycles. The van der Waals surface area contributed by atoms with Crippen molar-refractivity contribution in [2.24, 2.45) is 0 Å². The summed E-state index contributed by atoms with van der Waals surface area (Å²) in [5.74, 6) is -1.72. The minimum Gasteiger partial charge on any atom is -0.478 e. The Hall–Kier alpha value is -1.19. The van der Waals surface area contributed by atoms with Crippen molar-refractivity contribution in [1.29, 1.82) is 0 Å². The van der Waals surface area contributed by atoms with Crippen molar-refractivity contribution in [1.82, 2.24) is 0 Å². The molecule has 0 aromatic rings. The molecule has 0 spiro atoms. The van der Waals surface area contributed by atoms with Crippen molar-refractivity contribution < 1.29 is 19.4 Å². The van der Waals surface area contributed by atoms with Gasteiger partial charge in [-0.25, -0.2) is 9.59 Å². The first-order valence-corrected chi connectivity index (χ1v) is 6.53. The van der Waals surface area contributed by atoms with Gasteiger partial charge in [-0.1, -0.05) is 32.1 Å². The number of carboxylic acid groups (broad SMARTS) is 1. The van der Waals surface area contributed by atoms with Gasteiger partial charge in [0.15, 0.2) is 0 Å². The summed E-state index contributed by atoms with van der Waals surface area (Å²) in [6.45, 7) is 1.74. The third-order valence-electron chi connectivity index (χ3n) is 2.58. The zero-order valence-electron chi connectivity index (χ0n) is 11.4. The molecule has 0 amide bonds. The van der Waals surface area contributed by atoms with E-state index < -0.39 is 11.9 Å². The Morgan fingerprint density at radius 2 is 1.74 bits per heavy atom. The first-order chi connectivity index (χ1) is 8.93. The van der Waals surface area contributed by atoms with Gasteiger partial charge in [0.05, 0.1) is 22.3 Å². The fourth-order valence-electron chi connectivity index (χ4n) is 1.54. The smallest absolute Gasteiger partial charge is 0.333 e. The Bertz CT molecular complexity index is 314. The molecule has 0 aliphatic rings. The Labute approximate surface area is 117 Å². The number of carbonyl (C=O) groups excluding carboxylic acids is 1. The van der Waals surface area contributed by atoms with E-state index in [2.05, 4.69) is 0 Å². The summed E-state index contributed by atoms with van der Waals surface area (Å²) >= 11 is 0. The fourth-order valence-corrected chi connectivity index (χ4v) is 1.54. The lowest BCUT2D eigenvalue weighted by Crippen LogP contribution is -2.08. The van der Waals surface area contributed by atoms with E-state index in [9.17, 15) is 9.59 Å². The number of ether oxygens (including phenoxy) is 1. The number of hydrogen-bond acceptors (Lipinski definition) is 3. The van der Waals surface area contributed by atoms with Crippen LogP contribution in [-0.2, 0) is 14.3 Å². The van der Waals surface area contributed by atoms with Gasteiger partial charge in [-0.3, -0.25) is 0 Å². The molecule has 6 heteroatoms. The molecule has 4 radical (unpaired) electrons. The molecular weight excluding hydrogens is 242 g/mol. The van der Waals surface area contributed by atoms with Crippen LogP contribution in [0.5, 0.6) is 0 Å². The second-order valence-corrected chi connectivity index (χ2v) is 4.52. The Morgan fingerprint density at radius 3 is 2.32 bits per heavy atom. The predicted octanol–water partition coefficient (Wildman–Crippen LogP) is 1.98. The largest absolute Gasteiger partial charge is 0.478 e. The molecule has 0 heterocycles. The average molecular weight is 262 g/mol. The Balaban J connectivity index is 3.49. The number of hydrogen-bond donors (Lipinski definition) is 1. The maximum atomic E-state index is 11.3. The molecule has 0 saturated heterocycles. The van der Waals surface area contributed by atoms with E-state index in [1.807, 2.05) is 0 Å². The van der Waals surface area contributed by atoms with Crippen LogP contribution >= 0.6 is 0 Å². The minimum absolute atomic E-state index is 0.101. The van der Waals surface area contributed by atoms with Crippen LogP contribution in [0.3, 0.4) is 0 Å². The van der Waals surface area contributed by atoms with Crippen molar-refractivity contribution in [3.05, 3.63) is 11.6 Å². The summed E-state index contributed by atoms with van der Waals surface area (Å²) < 4.78 is 4.94. The second-order valence-electron chi connectivity index (χ2n) is 4.52. The van der Waals surface area contributed by atoms with E-state index >= 15 is 0 Å². The van der Waals surface area contributed by atoms with Gasteiger partial charge in [-0.15, -0.1) is 5.72 Å². The number of esters is 1. The first-order valence-electron chi connectivity index (χ1n) is 6.53. The zero-order chi connectivity index (χ0) is 14.7. The Morgan fingerprint density at radius 1 is 1.16 bits per heavy atom. The van der Waals surface area contributed by atoms with E-state index in [0.29, 0.717) is 6.61 Å². The first kappa shape index (κ1) is 17.8. The van der Waals surface area contributed by atoms with Crippen LogP contribution in [0.4, 0.5) is 0 Å². The van der Waals surface area contributed by atoms with Crippen LogP contribution in [0, 0.1) is 0 Å². The van der Waals surface area contributed by atoms with Gasteiger partial charge >= 0.3 is 11.9 Å². The van der Waals surface area contributed by atoms with Crippen molar-refractivity contribution in [3.8, 4) is 0 Å². The van der Waals surface area contributed by atoms with E-state index in [0.717, 1.165) is 44.6 Å². The maximum Gasteiger partial charge on any atom is 0.333 e. The number of rotatable bonds is 10. The lowest BCUT2D eigenvalue weighted by Gasteiger charge is -2.06. The number of carboxylic acids is 1. The van der Waals surface area contributed by atoms with E-state index in [-0.39, 0.29) is 11.3 Å². The number of unbranched alkanes of at least 4 members (excludes halogenated alkanes) is 4. The average Bonchev–Trinajstić information content (AvgIpc) is 2.30. The summed E-state index contributed by atoms with van der Waals surface area (Å²) in [4.78, 5) is 21.6. The van der Waals surface area contributed by atoms with Gasteiger partial charge in [-0.05, 0) is 13.3 Å². The topological polar surface area (TPSA) is 63.6 Å². The molecule has 0 aliphatic carbocycles. The normalized spacial score (nSPS) is 11.6. The SMILES string of the molecule is [B]C([B])CCCCCCCOC(=O)/C(C)=C/C(=O)O. The van der Waals surface area contributed by atoms with Gasteiger partial charge in [0, 0.05) is 11.6 Å². The summed E-state index contributed by atoms with van der Waals surface area (Å²) in [7, 11) is 10.8.